The van der Waals surface area contributed by atoms with E-state index in [2.05, 4.69) is 16.0 Å². The molecule has 2 aromatic rings. The molecule has 1 unspecified atom stereocenters. The van der Waals surface area contributed by atoms with Crippen LogP contribution in [-0.2, 0) is 6.42 Å². The van der Waals surface area contributed by atoms with Crippen molar-refractivity contribution in [1.29, 1.82) is 0 Å². The van der Waals surface area contributed by atoms with Crippen molar-refractivity contribution < 1.29 is 4.79 Å². The summed E-state index contributed by atoms with van der Waals surface area (Å²) in [5.74, 6) is 0.0236. The largest absolute Gasteiger partial charge is 0.292 e. The minimum Gasteiger partial charge on any atom is -0.292 e. The van der Waals surface area contributed by atoms with Crippen LogP contribution in [0.25, 0.3) is 0 Å². The van der Waals surface area contributed by atoms with Crippen LogP contribution in [0.1, 0.15) is 45.5 Å². The number of aryl methyl sites for hydroxylation is 2. The summed E-state index contributed by atoms with van der Waals surface area (Å²) in [7, 11) is 0. The Morgan fingerprint density at radius 1 is 1.50 bits per heavy atom. The van der Waals surface area contributed by atoms with Crippen LogP contribution in [0.2, 0.25) is 0 Å². The monoisotopic (exact) mass is 258 g/mol. The Kier molecular flexibility index (Phi) is 2.96. The Morgan fingerprint density at radius 3 is 3.17 bits per heavy atom. The molecule has 1 atom stereocenters. The number of carbonyl (C=O) groups is 1. The number of rotatable bonds is 2. The van der Waals surface area contributed by atoms with E-state index in [0.29, 0.717) is 5.69 Å². The van der Waals surface area contributed by atoms with E-state index in [1.807, 2.05) is 18.4 Å². The highest BCUT2D eigenvalue weighted by molar-refractivity contribution is 7.09. The Labute approximate surface area is 110 Å². The number of pyridine rings is 1. The van der Waals surface area contributed by atoms with Crippen molar-refractivity contribution in [2.24, 2.45) is 0 Å². The molecule has 3 nitrogen and oxygen atoms in total. The van der Waals surface area contributed by atoms with E-state index >= 15 is 0 Å². The van der Waals surface area contributed by atoms with Crippen LogP contribution in [0.3, 0.4) is 0 Å². The molecule has 0 amide bonds. The normalized spacial score (nSPS) is 18.4. The van der Waals surface area contributed by atoms with Crippen molar-refractivity contribution in [3.8, 4) is 0 Å². The molecule has 0 spiro atoms. The highest BCUT2D eigenvalue weighted by atomic mass is 32.1. The molecule has 0 fully saturated rings. The van der Waals surface area contributed by atoms with Gasteiger partial charge >= 0.3 is 0 Å². The Balaban J connectivity index is 1.96. The fourth-order valence-electron chi connectivity index (χ4n) is 2.52. The third kappa shape index (κ3) is 1.97. The van der Waals surface area contributed by atoms with E-state index in [9.17, 15) is 4.79 Å². The number of thiazole rings is 1. The fraction of sp³-hybridized carbons (Fsp3) is 0.357. The van der Waals surface area contributed by atoms with Gasteiger partial charge in [-0.25, -0.2) is 4.98 Å². The van der Waals surface area contributed by atoms with Crippen LogP contribution >= 0.6 is 11.3 Å². The van der Waals surface area contributed by atoms with E-state index in [0.717, 1.165) is 30.0 Å². The van der Waals surface area contributed by atoms with Crippen LogP contribution in [0.4, 0.5) is 0 Å². The molecule has 0 N–H and O–H groups in total. The number of hydrogen-bond acceptors (Lipinski definition) is 4. The quantitative estimate of drug-likeness (QED) is 0.777. The van der Waals surface area contributed by atoms with Crippen molar-refractivity contribution in [3.05, 3.63) is 45.7 Å². The number of ketones is 1. The summed E-state index contributed by atoms with van der Waals surface area (Å²) in [5.41, 5.74) is 2.77. The first-order valence-electron chi connectivity index (χ1n) is 6.16. The molecule has 0 aliphatic heterocycles. The summed E-state index contributed by atoms with van der Waals surface area (Å²) < 4.78 is 0. The fourth-order valence-corrected chi connectivity index (χ4v) is 3.12. The predicted molar refractivity (Wildman–Crippen MR) is 71.1 cm³/mol. The molecule has 2 aromatic heterocycles. The minimum atomic E-state index is -0.101. The number of aromatic nitrogens is 2. The summed E-state index contributed by atoms with van der Waals surface area (Å²) >= 11 is 1.53. The summed E-state index contributed by atoms with van der Waals surface area (Å²) in [6.07, 6.45) is 4.75. The average Bonchev–Trinajstić information content (AvgIpc) is 2.84. The first-order valence-corrected chi connectivity index (χ1v) is 7.04. The highest BCUT2D eigenvalue weighted by Gasteiger charge is 2.29. The summed E-state index contributed by atoms with van der Waals surface area (Å²) in [5, 5.41) is 2.80. The molecule has 4 heteroatoms. The Hall–Kier alpha value is -1.55. The van der Waals surface area contributed by atoms with Crippen LogP contribution in [-0.4, -0.2) is 15.8 Å². The van der Waals surface area contributed by atoms with Gasteiger partial charge in [0.2, 0.25) is 0 Å². The maximum absolute atomic E-state index is 12.5. The number of carbonyl (C=O) groups excluding carboxylic acids is 1. The first kappa shape index (κ1) is 11.5. The van der Waals surface area contributed by atoms with Crippen molar-refractivity contribution in [3.63, 3.8) is 0 Å². The lowest BCUT2D eigenvalue weighted by Crippen LogP contribution is -2.20. The second-order valence-corrected chi connectivity index (χ2v) is 5.67. The summed E-state index contributed by atoms with van der Waals surface area (Å²) in [6, 6.07) is 4.02. The Morgan fingerprint density at radius 2 is 2.39 bits per heavy atom. The highest BCUT2D eigenvalue weighted by Crippen LogP contribution is 2.32. The zero-order valence-corrected chi connectivity index (χ0v) is 11.0. The van der Waals surface area contributed by atoms with Gasteiger partial charge in [0.1, 0.15) is 5.69 Å². The molecule has 3 rings (SSSR count). The third-order valence-corrected chi connectivity index (χ3v) is 4.16. The molecule has 0 saturated heterocycles. The predicted octanol–water partition coefficient (Wildman–Crippen LogP) is 3.15. The summed E-state index contributed by atoms with van der Waals surface area (Å²) in [4.78, 5) is 21.2. The van der Waals surface area contributed by atoms with E-state index in [4.69, 9.17) is 0 Å². The summed E-state index contributed by atoms with van der Waals surface area (Å²) in [6.45, 7) is 1.93. The maximum atomic E-state index is 12.5. The first-order chi connectivity index (χ1) is 8.75. The van der Waals surface area contributed by atoms with Crippen LogP contribution < -0.4 is 0 Å². The molecule has 0 radical (unpaired) electrons. The van der Waals surface area contributed by atoms with Crippen molar-refractivity contribution in [1.82, 2.24) is 9.97 Å². The minimum absolute atomic E-state index is 0.101. The van der Waals surface area contributed by atoms with Gasteiger partial charge in [-0.15, -0.1) is 11.3 Å². The van der Waals surface area contributed by atoms with Gasteiger partial charge in [-0.2, -0.15) is 0 Å². The lowest BCUT2D eigenvalue weighted by molar-refractivity contribution is 0.0944. The van der Waals surface area contributed by atoms with Crippen LogP contribution in [0.5, 0.6) is 0 Å². The van der Waals surface area contributed by atoms with Crippen molar-refractivity contribution >= 4 is 17.1 Å². The van der Waals surface area contributed by atoms with E-state index in [-0.39, 0.29) is 11.7 Å². The standard InChI is InChI=1S/C14H14N2OS/c1-9-16-12(8-18-9)14(17)11-6-2-4-10-5-3-7-15-13(10)11/h3,5,7-8,11H,2,4,6H2,1H3. The van der Waals surface area contributed by atoms with Gasteiger partial charge in [-0.3, -0.25) is 9.78 Å². The SMILES string of the molecule is Cc1nc(C(=O)C2CCCc3cccnc32)cs1. The molecule has 0 bridgehead atoms. The van der Waals surface area contributed by atoms with Gasteiger partial charge in [-0.05, 0) is 37.8 Å². The molecule has 2 heterocycles. The van der Waals surface area contributed by atoms with Crippen molar-refractivity contribution in [2.75, 3.05) is 0 Å². The van der Waals surface area contributed by atoms with E-state index < -0.39 is 0 Å². The zero-order chi connectivity index (χ0) is 12.5. The van der Waals surface area contributed by atoms with Gasteiger partial charge in [0.05, 0.1) is 16.6 Å². The number of hydrogen-bond donors (Lipinski definition) is 0. The Bertz CT molecular complexity index is 591. The molecule has 0 saturated carbocycles. The second kappa shape index (κ2) is 4.61. The van der Waals surface area contributed by atoms with E-state index in [1.165, 1.54) is 16.9 Å². The molecule has 18 heavy (non-hydrogen) atoms. The van der Waals surface area contributed by atoms with Gasteiger partial charge in [0, 0.05) is 11.6 Å². The van der Waals surface area contributed by atoms with Crippen LogP contribution in [0.15, 0.2) is 23.7 Å². The maximum Gasteiger partial charge on any atom is 0.191 e. The topological polar surface area (TPSA) is 42.9 Å². The van der Waals surface area contributed by atoms with Crippen LogP contribution in [0, 0.1) is 6.92 Å². The third-order valence-electron chi connectivity index (χ3n) is 3.38. The second-order valence-electron chi connectivity index (χ2n) is 4.61. The molecule has 0 aromatic carbocycles. The average molecular weight is 258 g/mol. The number of nitrogens with zero attached hydrogens (tertiary/aromatic N) is 2. The smallest absolute Gasteiger partial charge is 0.191 e. The van der Waals surface area contributed by atoms with E-state index in [1.54, 1.807) is 6.20 Å². The molecule has 1 aliphatic carbocycles. The van der Waals surface area contributed by atoms with Crippen molar-refractivity contribution in [2.45, 2.75) is 32.1 Å². The number of fused-ring (bicyclic) bond motifs is 1. The molecular weight excluding hydrogens is 244 g/mol. The van der Waals surface area contributed by atoms with Gasteiger partial charge in [0.25, 0.3) is 0 Å². The van der Waals surface area contributed by atoms with Gasteiger partial charge < -0.3 is 0 Å². The van der Waals surface area contributed by atoms with Gasteiger partial charge in [-0.1, -0.05) is 6.07 Å². The number of Topliss-reactive ketones (excluding diaryl/α,β-unsaturated/α-hetero) is 1. The zero-order valence-electron chi connectivity index (χ0n) is 10.2. The van der Waals surface area contributed by atoms with Gasteiger partial charge in [0.15, 0.2) is 5.78 Å². The lowest BCUT2D eigenvalue weighted by atomic mass is 9.83. The lowest BCUT2D eigenvalue weighted by Gasteiger charge is -2.22. The molecule has 1 aliphatic rings. The molecule has 92 valence electrons. The molecular formula is C14H14N2OS.